The normalized spacial score (nSPS) is 18.5. The molecule has 1 aliphatic rings. The summed E-state index contributed by atoms with van der Waals surface area (Å²) in [6, 6.07) is 8.03. The van der Waals surface area contributed by atoms with Gasteiger partial charge in [0, 0.05) is 6.42 Å². The molecule has 2 rings (SSSR count). The van der Waals surface area contributed by atoms with E-state index >= 15 is 0 Å². The van der Waals surface area contributed by atoms with E-state index in [-0.39, 0.29) is 0 Å². The van der Waals surface area contributed by atoms with Crippen molar-refractivity contribution in [1.82, 2.24) is 0 Å². The maximum Gasteiger partial charge on any atom is 0.122 e. The predicted molar refractivity (Wildman–Crippen MR) is 72.9 cm³/mol. The van der Waals surface area contributed by atoms with Crippen LogP contribution in [0.2, 0.25) is 0 Å². The highest BCUT2D eigenvalue weighted by atomic mass is 19.1. The lowest BCUT2D eigenvalue weighted by molar-refractivity contribution is 0.143. The van der Waals surface area contributed by atoms with Crippen molar-refractivity contribution in [2.45, 2.75) is 19.2 Å². The molecule has 0 fully saturated rings. The van der Waals surface area contributed by atoms with Gasteiger partial charge in [-0.2, -0.15) is 0 Å². The first-order valence-corrected chi connectivity index (χ1v) is 6.08. The summed E-state index contributed by atoms with van der Waals surface area (Å²) in [7, 11) is 0. The van der Waals surface area contributed by atoms with E-state index in [1.54, 1.807) is 6.08 Å². The topological polar surface area (TPSA) is 9.23 Å². The van der Waals surface area contributed by atoms with E-state index in [1.807, 2.05) is 42.5 Å². The first kappa shape index (κ1) is 12.8. The van der Waals surface area contributed by atoms with Crippen molar-refractivity contribution >= 4 is 6.08 Å². The van der Waals surface area contributed by atoms with Crippen LogP contribution in [0.5, 0.6) is 0 Å². The third kappa shape index (κ3) is 3.67. The summed E-state index contributed by atoms with van der Waals surface area (Å²) in [5.74, 6) is 0. The number of benzene rings is 1. The van der Waals surface area contributed by atoms with Crippen molar-refractivity contribution in [3.63, 3.8) is 0 Å². The lowest BCUT2D eigenvalue weighted by atomic mass is 10.1. The first-order valence-electron chi connectivity index (χ1n) is 6.08. The Labute approximate surface area is 107 Å². The van der Waals surface area contributed by atoms with Crippen molar-refractivity contribution in [2.24, 2.45) is 0 Å². The number of allylic oxidation sites excluding steroid dienone is 2. The Morgan fingerprint density at radius 1 is 1.28 bits per heavy atom. The highest BCUT2D eigenvalue weighted by molar-refractivity contribution is 5.47. The molecule has 18 heavy (non-hydrogen) atoms. The van der Waals surface area contributed by atoms with Gasteiger partial charge in [-0.25, -0.2) is 4.39 Å². The molecule has 1 aromatic carbocycles. The van der Waals surface area contributed by atoms with Gasteiger partial charge in [0.1, 0.15) is 6.17 Å². The van der Waals surface area contributed by atoms with Crippen LogP contribution in [0.4, 0.5) is 4.39 Å². The molecule has 94 valence electrons. The summed E-state index contributed by atoms with van der Waals surface area (Å²) in [4.78, 5) is 0. The quantitative estimate of drug-likeness (QED) is 0.758. The molecule has 0 saturated carbocycles. The fraction of sp³-hybridized carbons (Fsp3) is 0.250. The summed E-state index contributed by atoms with van der Waals surface area (Å²) >= 11 is 0. The zero-order chi connectivity index (χ0) is 12.8. The first-order chi connectivity index (χ1) is 8.78. The van der Waals surface area contributed by atoms with Crippen molar-refractivity contribution in [1.29, 1.82) is 0 Å². The zero-order valence-corrected chi connectivity index (χ0v) is 10.3. The van der Waals surface area contributed by atoms with Crippen LogP contribution in [0.25, 0.3) is 6.08 Å². The van der Waals surface area contributed by atoms with Crippen LogP contribution in [-0.4, -0.2) is 12.8 Å². The molecular weight excluding hydrogens is 227 g/mol. The van der Waals surface area contributed by atoms with E-state index in [9.17, 15) is 4.39 Å². The average molecular weight is 244 g/mol. The van der Waals surface area contributed by atoms with Gasteiger partial charge in [-0.15, -0.1) is 0 Å². The maximum atomic E-state index is 13.1. The van der Waals surface area contributed by atoms with Crippen molar-refractivity contribution in [3.8, 4) is 0 Å². The van der Waals surface area contributed by atoms with Gasteiger partial charge >= 0.3 is 0 Å². The minimum atomic E-state index is -0.861. The van der Waals surface area contributed by atoms with Gasteiger partial charge in [-0.1, -0.05) is 49.1 Å². The molecule has 0 N–H and O–H groups in total. The standard InChI is InChI=1S/C16H17FO/c1-2-13-6-8-14(9-7-13)11-18-12-15-4-3-5-16(17)10-15/h2-4,6-10,16H,1,5,11-12H2. The summed E-state index contributed by atoms with van der Waals surface area (Å²) < 4.78 is 18.6. The number of rotatable bonds is 5. The molecule has 1 aromatic rings. The zero-order valence-electron chi connectivity index (χ0n) is 10.3. The second-order valence-electron chi connectivity index (χ2n) is 4.33. The minimum Gasteiger partial charge on any atom is -0.372 e. The van der Waals surface area contributed by atoms with Crippen LogP contribution in [0, 0.1) is 0 Å². The van der Waals surface area contributed by atoms with Gasteiger partial charge in [0.25, 0.3) is 0 Å². The average Bonchev–Trinajstić information content (AvgIpc) is 2.40. The van der Waals surface area contributed by atoms with Crippen molar-refractivity contribution in [2.75, 3.05) is 6.61 Å². The van der Waals surface area contributed by atoms with E-state index in [2.05, 4.69) is 6.58 Å². The van der Waals surface area contributed by atoms with Gasteiger partial charge in [0.15, 0.2) is 0 Å². The van der Waals surface area contributed by atoms with Crippen molar-refractivity contribution < 1.29 is 9.13 Å². The molecule has 0 saturated heterocycles. The van der Waals surface area contributed by atoms with Crippen LogP contribution in [0.15, 0.2) is 54.6 Å². The number of alkyl halides is 1. The Bertz CT molecular complexity index is 456. The van der Waals surface area contributed by atoms with E-state index in [4.69, 9.17) is 4.74 Å². The summed E-state index contributed by atoms with van der Waals surface area (Å²) in [6.07, 6.45) is 6.83. The van der Waals surface area contributed by atoms with E-state index < -0.39 is 6.17 Å². The van der Waals surface area contributed by atoms with E-state index in [0.29, 0.717) is 19.6 Å². The Morgan fingerprint density at radius 3 is 2.72 bits per heavy atom. The fourth-order valence-corrected chi connectivity index (χ4v) is 1.84. The number of hydrogen-bond donors (Lipinski definition) is 0. The Balaban J connectivity index is 1.81. The Hall–Kier alpha value is -1.67. The smallest absolute Gasteiger partial charge is 0.122 e. The molecule has 1 atom stereocenters. The number of hydrogen-bond acceptors (Lipinski definition) is 1. The molecule has 2 heteroatoms. The predicted octanol–water partition coefficient (Wildman–Crippen LogP) is 4.07. The monoisotopic (exact) mass is 244 g/mol. The highest BCUT2D eigenvalue weighted by Gasteiger charge is 2.07. The second kappa shape index (κ2) is 6.31. The second-order valence-corrected chi connectivity index (χ2v) is 4.33. The molecule has 0 aliphatic heterocycles. The highest BCUT2D eigenvalue weighted by Crippen LogP contribution is 2.14. The molecule has 0 spiro atoms. The lowest BCUT2D eigenvalue weighted by Gasteiger charge is -2.10. The summed E-state index contributed by atoms with van der Waals surface area (Å²) in [5.41, 5.74) is 3.12. The fourth-order valence-electron chi connectivity index (χ4n) is 1.84. The molecular formula is C16H17FO. The summed E-state index contributed by atoms with van der Waals surface area (Å²) in [5, 5.41) is 0. The van der Waals surface area contributed by atoms with Crippen LogP contribution in [0.3, 0.4) is 0 Å². The largest absolute Gasteiger partial charge is 0.372 e. The molecule has 0 radical (unpaired) electrons. The minimum absolute atomic E-state index is 0.458. The van der Waals surface area contributed by atoms with Gasteiger partial charge in [0.05, 0.1) is 13.2 Å². The van der Waals surface area contributed by atoms with Gasteiger partial charge in [-0.3, -0.25) is 0 Å². The van der Waals surface area contributed by atoms with Gasteiger partial charge in [-0.05, 0) is 22.8 Å². The molecule has 1 aliphatic carbocycles. The van der Waals surface area contributed by atoms with Gasteiger partial charge < -0.3 is 4.74 Å². The maximum absolute atomic E-state index is 13.1. The molecule has 0 aromatic heterocycles. The van der Waals surface area contributed by atoms with Crippen LogP contribution in [-0.2, 0) is 11.3 Å². The third-order valence-electron chi connectivity index (χ3n) is 2.84. The molecule has 0 heterocycles. The third-order valence-corrected chi connectivity index (χ3v) is 2.84. The van der Waals surface area contributed by atoms with E-state index in [1.165, 1.54) is 0 Å². The number of halogens is 1. The SMILES string of the molecule is C=Cc1ccc(COCC2=CC(F)CC=C2)cc1. The van der Waals surface area contributed by atoms with Crippen LogP contribution < -0.4 is 0 Å². The van der Waals surface area contributed by atoms with Crippen molar-refractivity contribution in [3.05, 3.63) is 65.8 Å². The Kier molecular flexibility index (Phi) is 4.48. The molecule has 1 unspecified atom stereocenters. The Morgan fingerprint density at radius 2 is 2.06 bits per heavy atom. The van der Waals surface area contributed by atoms with Crippen LogP contribution >= 0.6 is 0 Å². The molecule has 0 amide bonds. The lowest BCUT2D eigenvalue weighted by Crippen LogP contribution is -2.04. The summed E-state index contributed by atoms with van der Waals surface area (Å²) in [6.45, 7) is 4.71. The van der Waals surface area contributed by atoms with E-state index in [0.717, 1.165) is 16.7 Å². The molecule has 1 nitrogen and oxygen atoms in total. The van der Waals surface area contributed by atoms with Crippen LogP contribution in [0.1, 0.15) is 17.5 Å². The number of ether oxygens (including phenoxy) is 1. The van der Waals surface area contributed by atoms with Gasteiger partial charge in [0.2, 0.25) is 0 Å². The molecule has 0 bridgehead atoms.